The van der Waals surface area contributed by atoms with Crippen LogP contribution >= 0.6 is 0 Å². The molecule has 1 aromatic rings. The molecule has 0 aromatic carbocycles. The minimum absolute atomic E-state index is 0.630. The van der Waals surface area contributed by atoms with E-state index in [-0.39, 0.29) is 0 Å². The van der Waals surface area contributed by atoms with Gasteiger partial charge in [-0.15, -0.1) is 0 Å². The largest absolute Gasteiger partial charge is 0.383 e. The second-order valence-electron chi connectivity index (χ2n) is 5.41. The van der Waals surface area contributed by atoms with E-state index in [0.717, 1.165) is 24.7 Å². The predicted octanol–water partition coefficient (Wildman–Crippen LogP) is 1.73. The van der Waals surface area contributed by atoms with Crippen LogP contribution in [0, 0.1) is 6.92 Å². The molecule has 0 amide bonds. The number of nitrogens with zero attached hydrogens (tertiary/aromatic N) is 3. The van der Waals surface area contributed by atoms with Crippen molar-refractivity contribution in [2.45, 2.75) is 38.8 Å². The number of hydrogen-bond donors (Lipinski definition) is 1. The third-order valence-electron chi connectivity index (χ3n) is 3.82. The zero-order valence-electron chi connectivity index (χ0n) is 12.4. The van der Waals surface area contributed by atoms with Gasteiger partial charge in [-0.3, -0.25) is 0 Å². The first-order valence-electron chi connectivity index (χ1n) is 7.17. The number of aromatic nitrogens is 2. The molecular weight excluding hydrogens is 240 g/mol. The third-order valence-corrected chi connectivity index (χ3v) is 3.82. The highest BCUT2D eigenvalue weighted by atomic mass is 16.5. The fourth-order valence-corrected chi connectivity index (χ4v) is 2.69. The molecule has 1 saturated heterocycles. The Bertz CT molecular complexity index is 391. The van der Waals surface area contributed by atoms with Crippen LogP contribution in [0.1, 0.15) is 25.0 Å². The molecule has 2 heterocycles. The molecule has 5 nitrogen and oxygen atoms in total. The monoisotopic (exact) mass is 266 g/mol. The van der Waals surface area contributed by atoms with Gasteiger partial charge in [0.1, 0.15) is 0 Å². The molecule has 0 radical (unpaired) electrons. The normalized spacial score (nSPS) is 20.7. The molecule has 1 aliphatic rings. The summed E-state index contributed by atoms with van der Waals surface area (Å²) in [6.45, 7) is 5.78. The summed E-state index contributed by atoms with van der Waals surface area (Å²) in [5.74, 6) is 0.966. The van der Waals surface area contributed by atoms with E-state index in [1.54, 1.807) is 7.11 Å². The molecule has 1 atom stereocenters. The first-order chi connectivity index (χ1) is 9.20. The smallest absolute Gasteiger partial charge is 0.203 e. The molecule has 1 aliphatic heterocycles. The van der Waals surface area contributed by atoms with Gasteiger partial charge in [0.05, 0.1) is 12.3 Å². The third kappa shape index (κ3) is 3.94. The lowest BCUT2D eigenvalue weighted by molar-refractivity contribution is 0.168. The van der Waals surface area contributed by atoms with Crippen molar-refractivity contribution in [3.8, 4) is 0 Å². The standard InChI is InChI=1S/C14H26N4O/c1-12-10-18(14(16-12)15-7-9-19-3)11-13-6-4-5-8-17(13)2/h10,13H,4-9,11H2,1-3H3,(H,15,16). The molecule has 1 unspecified atom stereocenters. The Morgan fingerprint density at radius 3 is 3.05 bits per heavy atom. The molecule has 1 fully saturated rings. The molecule has 0 aliphatic carbocycles. The summed E-state index contributed by atoms with van der Waals surface area (Å²) in [6.07, 6.45) is 6.09. The number of aryl methyl sites for hydroxylation is 1. The molecule has 0 bridgehead atoms. The molecular formula is C14H26N4O. The van der Waals surface area contributed by atoms with E-state index in [1.165, 1.54) is 25.8 Å². The molecule has 1 N–H and O–H groups in total. The van der Waals surface area contributed by atoms with Crippen molar-refractivity contribution in [3.63, 3.8) is 0 Å². The Morgan fingerprint density at radius 1 is 1.47 bits per heavy atom. The maximum absolute atomic E-state index is 5.07. The number of hydrogen-bond acceptors (Lipinski definition) is 4. The van der Waals surface area contributed by atoms with Crippen molar-refractivity contribution >= 4 is 5.95 Å². The Labute approximate surface area is 116 Å². The van der Waals surface area contributed by atoms with Gasteiger partial charge in [0, 0.05) is 32.4 Å². The zero-order chi connectivity index (χ0) is 13.7. The van der Waals surface area contributed by atoms with E-state index in [9.17, 15) is 0 Å². The quantitative estimate of drug-likeness (QED) is 0.796. The molecule has 0 saturated carbocycles. The van der Waals surface area contributed by atoms with Gasteiger partial charge in [-0.1, -0.05) is 6.42 Å². The minimum atomic E-state index is 0.630. The van der Waals surface area contributed by atoms with E-state index in [1.807, 2.05) is 6.92 Å². The van der Waals surface area contributed by atoms with Crippen LogP contribution in [-0.4, -0.2) is 54.3 Å². The summed E-state index contributed by atoms with van der Waals surface area (Å²) in [5, 5.41) is 3.35. The van der Waals surface area contributed by atoms with Gasteiger partial charge in [0.2, 0.25) is 5.95 Å². The van der Waals surface area contributed by atoms with Crippen molar-refractivity contribution in [3.05, 3.63) is 11.9 Å². The number of likely N-dealkylation sites (N-methyl/N-ethyl adjacent to an activating group) is 1. The highest BCUT2D eigenvalue weighted by Crippen LogP contribution is 2.19. The minimum Gasteiger partial charge on any atom is -0.383 e. The second-order valence-corrected chi connectivity index (χ2v) is 5.41. The predicted molar refractivity (Wildman–Crippen MR) is 77.6 cm³/mol. The number of methoxy groups -OCH3 is 1. The van der Waals surface area contributed by atoms with Gasteiger partial charge < -0.3 is 19.5 Å². The van der Waals surface area contributed by atoms with Crippen LogP contribution in [-0.2, 0) is 11.3 Å². The van der Waals surface area contributed by atoms with E-state index in [0.29, 0.717) is 12.6 Å². The highest BCUT2D eigenvalue weighted by Gasteiger charge is 2.20. The fourth-order valence-electron chi connectivity index (χ4n) is 2.69. The highest BCUT2D eigenvalue weighted by molar-refractivity contribution is 5.28. The van der Waals surface area contributed by atoms with E-state index >= 15 is 0 Å². The van der Waals surface area contributed by atoms with Crippen LogP contribution in [0.2, 0.25) is 0 Å². The van der Waals surface area contributed by atoms with Crippen LogP contribution in [0.3, 0.4) is 0 Å². The molecule has 2 rings (SSSR count). The SMILES string of the molecule is COCCNc1nc(C)cn1CC1CCCCN1C. The average Bonchev–Trinajstić information content (AvgIpc) is 2.73. The van der Waals surface area contributed by atoms with Crippen LogP contribution in [0.4, 0.5) is 5.95 Å². The lowest BCUT2D eigenvalue weighted by atomic mass is 10.0. The van der Waals surface area contributed by atoms with Gasteiger partial charge >= 0.3 is 0 Å². The van der Waals surface area contributed by atoms with Crippen molar-refractivity contribution < 1.29 is 4.74 Å². The van der Waals surface area contributed by atoms with Crippen molar-refractivity contribution in [1.82, 2.24) is 14.5 Å². The number of imidazole rings is 1. The van der Waals surface area contributed by atoms with E-state index < -0.39 is 0 Å². The summed E-state index contributed by atoms with van der Waals surface area (Å²) < 4.78 is 7.32. The van der Waals surface area contributed by atoms with Crippen molar-refractivity contribution in [2.75, 3.05) is 39.2 Å². The number of anilines is 1. The molecule has 108 valence electrons. The van der Waals surface area contributed by atoms with Crippen molar-refractivity contribution in [1.29, 1.82) is 0 Å². The van der Waals surface area contributed by atoms with Gasteiger partial charge in [0.15, 0.2) is 0 Å². The second kappa shape index (κ2) is 6.91. The maximum atomic E-state index is 5.07. The molecule has 1 aromatic heterocycles. The number of rotatable bonds is 6. The summed E-state index contributed by atoms with van der Waals surface area (Å²) >= 11 is 0. The lowest BCUT2D eigenvalue weighted by Gasteiger charge is -2.32. The first kappa shape index (κ1) is 14.3. The number of piperidine rings is 1. The average molecular weight is 266 g/mol. The van der Waals surface area contributed by atoms with Crippen LogP contribution in [0.25, 0.3) is 0 Å². The summed E-state index contributed by atoms with van der Waals surface area (Å²) in [5.41, 5.74) is 1.07. The van der Waals surface area contributed by atoms with Crippen molar-refractivity contribution in [2.24, 2.45) is 0 Å². The van der Waals surface area contributed by atoms with Gasteiger partial charge in [-0.2, -0.15) is 0 Å². The molecule has 0 spiro atoms. The van der Waals surface area contributed by atoms with Gasteiger partial charge in [-0.05, 0) is 33.4 Å². The van der Waals surface area contributed by atoms with E-state index in [2.05, 4.69) is 33.0 Å². The summed E-state index contributed by atoms with van der Waals surface area (Å²) in [6, 6.07) is 0.630. The Hall–Kier alpha value is -1.07. The topological polar surface area (TPSA) is 42.3 Å². The zero-order valence-corrected chi connectivity index (χ0v) is 12.4. The number of nitrogens with one attached hydrogen (secondary N) is 1. The van der Waals surface area contributed by atoms with Gasteiger partial charge in [0.25, 0.3) is 0 Å². The Kier molecular flexibility index (Phi) is 5.22. The Balaban J connectivity index is 1.98. The van der Waals surface area contributed by atoms with Crippen LogP contribution in [0.15, 0.2) is 6.20 Å². The summed E-state index contributed by atoms with van der Waals surface area (Å²) in [7, 11) is 3.95. The first-order valence-corrected chi connectivity index (χ1v) is 7.17. The fraction of sp³-hybridized carbons (Fsp3) is 0.786. The number of ether oxygens (including phenoxy) is 1. The van der Waals surface area contributed by atoms with Gasteiger partial charge in [-0.25, -0.2) is 4.98 Å². The maximum Gasteiger partial charge on any atom is 0.203 e. The molecule has 5 heteroatoms. The summed E-state index contributed by atoms with van der Waals surface area (Å²) in [4.78, 5) is 7.02. The van der Waals surface area contributed by atoms with E-state index in [4.69, 9.17) is 4.74 Å². The number of likely N-dealkylation sites (tertiary alicyclic amines) is 1. The van der Waals surface area contributed by atoms with Crippen LogP contribution in [0.5, 0.6) is 0 Å². The lowest BCUT2D eigenvalue weighted by Crippen LogP contribution is -2.39. The Morgan fingerprint density at radius 2 is 2.32 bits per heavy atom. The molecule has 19 heavy (non-hydrogen) atoms. The van der Waals surface area contributed by atoms with Crippen LogP contribution < -0.4 is 5.32 Å².